The maximum atomic E-state index is 13.1. The minimum atomic E-state index is -0.840. The fourth-order valence-electron chi connectivity index (χ4n) is 3.95. The third-order valence-electron chi connectivity index (χ3n) is 5.74. The summed E-state index contributed by atoms with van der Waals surface area (Å²) in [4.78, 5) is 29.4. The Bertz CT molecular complexity index is 1110. The molecule has 176 valence electrons. The van der Waals surface area contributed by atoms with E-state index >= 15 is 0 Å². The van der Waals surface area contributed by atoms with Gasteiger partial charge in [0.15, 0.2) is 0 Å². The number of ketones is 1. The highest BCUT2D eigenvalue weighted by molar-refractivity contribution is 6.46. The SMILES string of the molecule is COc1ccc(/C(O)=C2/C(=O)C(=O)N(CCN(C)C)C2c2ccc(O)c(Cl)c2)cc1C(C)C. The predicted octanol–water partition coefficient (Wildman–Crippen LogP) is 4.16. The van der Waals surface area contributed by atoms with E-state index in [-0.39, 0.29) is 34.6 Å². The van der Waals surface area contributed by atoms with Gasteiger partial charge in [0.2, 0.25) is 0 Å². The van der Waals surface area contributed by atoms with Crippen molar-refractivity contribution in [3.05, 3.63) is 63.7 Å². The smallest absolute Gasteiger partial charge is 0.295 e. The Morgan fingerprint density at radius 3 is 2.45 bits per heavy atom. The molecule has 2 N–H and O–H groups in total. The summed E-state index contributed by atoms with van der Waals surface area (Å²) in [5.41, 5.74) is 1.79. The van der Waals surface area contributed by atoms with Gasteiger partial charge >= 0.3 is 0 Å². The van der Waals surface area contributed by atoms with Crippen LogP contribution in [0.25, 0.3) is 5.76 Å². The molecule has 8 heteroatoms. The molecule has 1 heterocycles. The molecule has 1 amide bonds. The second kappa shape index (κ2) is 9.85. The highest BCUT2D eigenvalue weighted by atomic mass is 35.5. The Morgan fingerprint density at radius 1 is 1.18 bits per heavy atom. The first-order valence-corrected chi connectivity index (χ1v) is 11.0. The molecule has 0 bridgehead atoms. The van der Waals surface area contributed by atoms with Crippen LogP contribution < -0.4 is 4.74 Å². The number of carbonyl (C=O) groups is 2. The number of phenols is 1. The zero-order chi connectivity index (χ0) is 24.4. The molecule has 1 atom stereocenters. The first-order chi connectivity index (χ1) is 15.6. The van der Waals surface area contributed by atoms with Gasteiger partial charge < -0.3 is 24.7 Å². The predicted molar refractivity (Wildman–Crippen MR) is 128 cm³/mol. The van der Waals surface area contributed by atoms with E-state index in [2.05, 4.69) is 0 Å². The molecule has 0 aromatic heterocycles. The van der Waals surface area contributed by atoms with E-state index in [1.807, 2.05) is 32.8 Å². The number of Topliss-reactive ketones (excluding diaryl/α,β-unsaturated/α-hetero) is 1. The van der Waals surface area contributed by atoms with Crippen LogP contribution in [-0.4, -0.2) is 66.0 Å². The lowest BCUT2D eigenvalue weighted by Gasteiger charge is -2.27. The van der Waals surface area contributed by atoms with Crippen molar-refractivity contribution in [3.63, 3.8) is 0 Å². The maximum absolute atomic E-state index is 13.1. The number of aromatic hydroxyl groups is 1. The van der Waals surface area contributed by atoms with Gasteiger partial charge in [0.1, 0.15) is 17.3 Å². The summed E-state index contributed by atoms with van der Waals surface area (Å²) < 4.78 is 5.42. The summed E-state index contributed by atoms with van der Waals surface area (Å²) in [6.07, 6.45) is 0. The highest BCUT2D eigenvalue weighted by Crippen LogP contribution is 2.41. The van der Waals surface area contributed by atoms with Crippen molar-refractivity contribution in [3.8, 4) is 11.5 Å². The van der Waals surface area contributed by atoms with Crippen molar-refractivity contribution in [2.45, 2.75) is 25.8 Å². The number of amides is 1. The Balaban J connectivity index is 2.20. The minimum Gasteiger partial charge on any atom is -0.507 e. The van der Waals surface area contributed by atoms with Crippen LogP contribution in [0.5, 0.6) is 11.5 Å². The largest absolute Gasteiger partial charge is 0.507 e. The zero-order valence-electron chi connectivity index (χ0n) is 19.4. The normalized spacial score (nSPS) is 17.9. The van der Waals surface area contributed by atoms with Gasteiger partial charge in [-0.2, -0.15) is 0 Å². The van der Waals surface area contributed by atoms with Gasteiger partial charge in [-0.1, -0.05) is 31.5 Å². The molecule has 0 saturated carbocycles. The van der Waals surface area contributed by atoms with Crippen LogP contribution in [0.2, 0.25) is 5.02 Å². The van der Waals surface area contributed by atoms with E-state index in [1.54, 1.807) is 31.4 Å². The van der Waals surface area contributed by atoms with Crippen molar-refractivity contribution < 1.29 is 24.5 Å². The van der Waals surface area contributed by atoms with Crippen molar-refractivity contribution in [2.75, 3.05) is 34.3 Å². The molecule has 7 nitrogen and oxygen atoms in total. The van der Waals surface area contributed by atoms with Crippen molar-refractivity contribution in [1.82, 2.24) is 9.80 Å². The van der Waals surface area contributed by atoms with Crippen LogP contribution in [0.3, 0.4) is 0 Å². The lowest BCUT2D eigenvalue weighted by atomic mass is 9.93. The molecule has 0 radical (unpaired) electrons. The highest BCUT2D eigenvalue weighted by Gasteiger charge is 2.46. The molecule has 2 aromatic rings. The summed E-state index contributed by atoms with van der Waals surface area (Å²) in [6, 6.07) is 8.85. The fourth-order valence-corrected chi connectivity index (χ4v) is 4.14. The van der Waals surface area contributed by atoms with Gasteiger partial charge in [0.05, 0.1) is 23.7 Å². The summed E-state index contributed by atoms with van der Waals surface area (Å²) in [7, 11) is 5.31. The van der Waals surface area contributed by atoms with Crippen LogP contribution >= 0.6 is 11.6 Å². The Hall–Kier alpha value is -3.03. The molecule has 0 aliphatic carbocycles. The first-order valence-electron chi connectivity index (χ1n) is 10.7. The average molecular weight is 473 g/mol. The topological polar surface area (TPSA) is 90.3 Å². The number of ether oxygens (including phenoxy) is 1. The van der Waals surface area contributed by atoms with E-state index in [9.17, 15) is 19.8 Å². The molecule has 2 aromatic carbocycles. The Labute approximate surface area is 198 Å². The fraction of sp³-hybridized carbons (Fsp3) is 0.360. The Kier molecular flexibility index (Phi) is 7.34. The molecule has 1 aliphatic heterocycles. The molecular weight excluding hydrogens is 444 g/mol. The first kappa shape index (κ1) is 24.6. The molecular formula is C25H29ClN2O5. The van der Waals surface area contributed by atoms with Crippen LogP contribution in [-0.2, 0) is 9.59 Å². The summed E-state index contributed by atoms with van der Waals surface area (Å²) in [6.45, 7) is 4.80. The van der Waals surface area contributed by atoms with Crippen LogP contribution in [0.4, 0.5) is 0 Å². The molecule has 0 spiro atoms. The number of phenolic OH excluding ortho intramolecular Hbond substituents is 1. The standard InChI is InChI=1S/C25H29ClN2O5/c1-14(2)17-12-16(7-9-20(17)33-5)23(30)21-22(15-6-8-19(29)18(26)13-15)28(11-10-27(3)4)25(32)24(21)31/h6-9,12-14,22,29-30H,10-11H2,1-5H3/b23-21-. The van der Waals surface area contributed by atoms with E-state index in [4.69, 9.17) is 16.3 Å². The number of likely N-dealkylation sites (tertiary alicyclic amines) is 1. The maximum Gasteiger partial charge on any atom is 0.295 e. The Morgan fingerprint density at radius 2 is 1.88 bits per heavy atom. The number of hydrogen-bond acceptors (Lipinski definition) is 6. The van der Waals surface area contributed by atoms with Crippen LogP contribution in [0.1, 0.15) is 42.5 Å². The second-order valence-electron chi connectivity index (χ2n) is 8.62. The summed E-state index contributed by atoms with van der Waals surface area (Å²) >= 11 is 6.13. The number of carbonyl (C=O) groups excluding carboxylic acids is 2. The number of rotatable bonds is 7. The number of nitrogens with zero attached hydrogens (tertiary/aromatic N) is 2. The monoisotopic (exact) mass is 472 g/mol. The number of hydrogen-bond donors (Lipinski definition) is 2. The van der Waals surface area contributed by atoms with Gasteiger partial charge in [0.25, 0.3) is 11.7 Å². The number of likely N-dealkylation sites (N-methyl/N-ethyl adjacent to an activating group) is 1. The third kappa shape index (κ3) is 4.84. The summed E-state index contributed by atoms with van der Waals surface area (Å²) in [5.74, 6) is -1.04. The zero-order valence-corrected chi connectivity index (χ0v) is 20.2. The molecule has 1 aliphatic rings. The lowest BCUT2D eigenvalue weighted by Crippen LogP contribution is -2.35. The molecule has 1 unspecified atom stereocenters. The van der Waals surface area contributed by atoms with Crippen LogP contribution in [0.15, 0.2) is 42.0 Å². The second-order valence-corrected chi connectivity index (χ2v) is 9.03. The van der Waals surface area contributed by atoms with Gasteiger partial charge in [0, 0.05) is 18.7 Å². The average Bonchev–Trinajstić information content (AvgIpc) is 3.03. The van der Waals surface area contributed by atoms with Crippen molar-refractivity contribution >= 4 is 29.1 Å². The number of aliphatic hydroxyl groups excluding tert-OH is 1. The van der Waals surface area contributed by atoms with E-state index in [1.165, 1.54) is 17.0 Å². The van der Waals surface area contributed by atoms with Gasteiger partial charge in [-0.3, -0.25) is 9.59 Å². The van der Waals surface area contributed by atoms with Crippen molar-refractivity contribution in [2.24, 2.45) is 0 Å². The van der Waals surface area contributed by atoms with Gasteiger partial charge in [-0.25, -0.2) is 0 Å². The molecule has 3 rings (SSSR count). The lowest BCUT2D eigenvalue weighted by molar-refractivity contribution is -0.140. The van der Waals surface area contributed by atoms with Crippen molar-refractivity contribution in [1.29, 1.82) is 0 Å². The quantitative estimate of drug-likeness (QED) is 0.357. The molecule has 33 heavy (non-hydrogen) atoms. The number of aliphatic hydroxyl groups is 1. The molecule has 1 saturated heterocycles. The van der Waals surface area contributed by atoms with Gasteiger partial charge in [-0.05, 0) is 61.5 Å². The minimum absolute atomic E-state index is 0.0135. The summed E-state index contributed by atoms with van der Waals surface area (Å²) in [5, 5.41) is 21.2. The molecule has 1 fully saturated rings. The van der Waals surface area contributed by atoms with E-state index in [0.29, 0.717) is 23.4 Å². The van der Waals surface area contributed by atoms with Gasteiger partial charge in [-0.15, -0.1) is 0 Å². The number of halogens is 1. The van der Waals surface area contributed by atoms with E-state index < -0.39 is 17.7 Å². The van der Waals surface area contributed by atoms with E-state index in [0.717, 1.165) is 5.56 Å². The number of benzene rings is 2. The third-order valence-corrected chi connectivity index (χ3v) is 6.04. The van der Waals surface area contributed by atoms with Crippen LogP contribution in [0, 0.1) is 0 Å². The number of methoxy groups -OCH3 is 1.